The number of benzene rings is 1. The van der Waals surface area contributed by atoms with Gasteiger partial charge in [-0.2, -0.15) is 4.31 Å². The molecule has 1 spiro atoms. The Bertz CT molecular complexity index is 1040. The van der Waals surface area contributed by atoms with Crippen LogP contribution in [0.15, 0.2) is 29.2 Å². The number of rotatable bonds is 5. The number of Topliss-reactive ketones (excluding diaryl/α,β-unsaturated/α-hetero) is 1. The standard InChI is InChI=1S/C20H24N4O6S/c1-14(25)15-3-5-16(6-4-15)31(29,30)23-11-9-22(10-12-23)17(26)13-24-18(27)20(7-2-8-20)21-19(24)28/h3-6H,2,7-13H2,1H3,(H,21,28). The Hall–Kier alpha value is -2.79. The third kappa shape index (κ3) is 3.72. The lowest BCUT2D eigenvalue weighted by molar-refractivity contribution is -0.141. The molecule has 3 fully saturated rings. The third-order valence-corrected chi connectivity index (χ3v) is 8.15. The van der Waals surface area contributed by atoms with E-state index in [9.17, 15) is 27.6 Å². The number of hydrogen-bond acceptors (Lipinski definition) is 6. The summed E-state index contributed by atoms with van der Waals surface area (Å²) in [7, 11) is -3.75. The average Bonchev–Trinajstić information content (AvgIpc) is 2.99. The van der Waals surface area contributed by atoms with Crippen LogP contribution in [-0.2, 0) is 19.6 Å². The van der Waals surface area contributed by atoms with E-state index in [2.05, 4.69) is 5.32 Å². The summed E-state index contributed by atoms with van der Waals surface area (Å²) < 4.78 is 27.0. The van der Waals surface area contributed by atoms with Gasteiger partial charge in [0.05, 0.1) is 4.90 Å². The lowest BCUT2D eigenvalue weighted by Gasteiger charge is -2.36. The van der Waals surface area contributed by atoms with Crippen molar-refractivity contribution in [2.75, 3.05) is 32.7 Å². The molecule has 4 rings (SSSR count). The largest absolute Gasteiger partial charge is 0.338 e. The number of nitrogens with one attached hydrogen (secondary N) is 1. The molecule has 0 aromatic heterocycles. The van der Waals surface area contributed by atoms with Crippen molar-refractivity contribution in [2.24, 2.45) is 0 Å². The molecule has 1 aliphatic carbocycles. The Morgan fingerprint density at radius 3 is 2.13 bits per heavy atom. The number of piperazine rings is 1. The second-order valence-electron chi connectivity index (χ2n) is 8.12. The first kappa shape index (κ1) is 21.4. The number of imide groups is 1. The van der Waals surface area contributed by atoms with Crippen LogP contribution in [0.5, 0.6) is 0 Å². The number of amides is 4. The van der Waals surface area contributed by atoms with E-state index in [1.807, 2.05) is 0 Å². The molecule has 166 valence electrons. The van der Waals surface area contributed by atoms with Gasteiger partial charge in [-0.25, -0.2) is 13.2 Å². The van der Waals surface area contributed by atoms with Crippen molar-refractivity contribution in [3.63, 3.8) is 0 Å². The maximum Gasteiger partial charge on any atom is 0.325 e. The smallest absolute Gasteiger partial charge is 0.325 e. The Morgan fingerprint density at radius 2 is 1.65 bits per heavy atom. The molecule has 3 aliphatic rings. The van der Waals surface area contributed by atoms with Crippen LogP contribution >= 0.6 is 0 Å². The van der Waals surface area contributed by atoms with E-state index in [1.54, 1.807) is 0 Å². The fourth-order valence-electron chi connectivity index (χ4n) is 4.11. The number of urea groups is 1. The third-order valence-electron chi connectivity index (χ3n) is 6.24. The molecule has 1 saturated carbocycles. The first-order valence-electron chi connectivity index (χ1n) is 10.2. The molecule has 1 aromatic carbocycles. The molecule has 1 N–H and O–H groups in total. The van der Waals surface area contributed by atoms with Crippen molar-refractivity contribution in [1.29, 1.82) is 0 Å². The number of ketones is 1. The van der Waals surface area contributed by atoms with Gasteiger partial charge in [0.25, 0.3) is 5.91 Å². The van der Waals surface area contributed by atoms with Gasteiger partial charge >= 0.3 is 6.03 Å². The van der Waals surface area contributed by atoms with Gasteiger partial charge in [-0.05, 0) is 38.3 Å². The molecule has 0 unspecified atom stereocenters. The van der Waals surface area contributed by atoms with Gasteiger partial charge in [0, 0.05) is 31.7 Å². The van der Waals surface area contributed by atoms with E-state index in [1.165, 1.54) is 40.4 Å². The van der Waals surface area contributed by atoms with Gasteiger partial charge < -0.3 is 10.2 Å². The van der Waals surface area contributed by atoms with Crippen LogP contribution in [0.2, 0.25) is 0 Å². The van der Waals surface area contributed by atoms with Crippen molar-refractivity contribution in [3.05, 3.63) is 29.8 Å². The molecule has 0 radical (unpaired) electrons. The van der Waals surface area contributed by atoms with Gasteiger partial charge in [0.2, 0.25) is 15.9 Å². The summed E-state index contributed by atoms with van der Waals surface area (Å²) in [6.07, 6.45) is 2.04. The lowest BCUT2D eigenvalue weighted by atomic mass is 9.77. The second-order valence-corrected chi connectivity index (χ2v) is 10.1. The summed E-state index contributed by atoms with van der Waals surface area (Å²) in [5, 5.41) is 2.69. The van der Waals surface area contributed by atoms with Crippen LogP contribution in [0.3, 0.4) is 0 Å². The Morgan fingerprint density at radius 1 is 1.03 bits per heavy atom. The lowest BCUT2D eigenvalue weighted by Crippen LogP contribution is -2.54. The van der Waals surface area contributed by atoms with Crippen molar-refractivity contribution in [1.82, 2.24) is 19.4 Å². The highest BCUT2D eigenvalue weighted by molar-refractivity contribution is 7.89. The molecule has 11 heteroatoms. The van der Waals surface area contributed by atoms with E-state index >= 15 is 0 Å². The van der Waals surface area contributed by atoms with Crippen LogP contribution in [0.1, 0.15) is 36.5 Å². The molecule has 1 aromatic rings. The van der Waals surface area contributed by atoms with E-state index in [0.29, 0.717) is 18.4 Å². The van der Waals surface area contributed by atoms with Crippen LogP contribution in [0.4, 0.5) is 4.79 Å². The predicted octanol–water partition coefficient (Wildman–Crippen LogP) is 0.197. The van der Waals surface area contributed by atoms with Crippen LogP contribution in [-0.4, -0.2) is 84.4 Å². The minimum absolute atomic E-state index is 0.0856. The molecule has 4 amide bonds. The highest BCUT2D eigenvalue weighted by Crippen LogP contribution is 2.37. The zero-order valence-corrected chi connectivity index (χ0v) is 18.0. The SMILES string of the molecule is CC(=O)c1ccc(S(=O)(=O)N2CCN(C(=O)CN3C(=O)NC4(CCC4)C3=O)CC2)cc1. The normalized spacial score (nSPS) is 21.2. The number of nitrogens with zero attached hydrogens (tertiary/aromatic N) is 3. The van der Waals surface area contributed by atoms with E-state index < -0.39 is 21.6 Å². The summed E-state index contributed by atoms with van der Waals surface area (Å²) in [5.74, 6) is -0.889. The summed E-state index contributed by atoms with van der Waals surface area (Å²) in [6, 6.07) is 5.20. The van der Waals surface area contributed by atoms with Gasteiger partial charge in [-0.3, -0.25) is 19.3 Å². The Kier molecular flexibility index (Phi) is 5.34. The zero-order valence-electron chi connectivity index (χ0n) is 17.2. The maximum atomic E-state index is 12.9. The highest BCUT2D eigenvalue weighted by Gasteiger charge is 2.55. The fraction of sp³-hybridized carbons (Fsp3) is 0.500. The molecule has 31 heavy (non-hydrogen) atoms. The number of hydrogen-bond donors (Lipinski definition) is 1. The topological polar surface area (TPSA) is 124 Å². The highest BCUT2D eigenvalue weighted by atomic mass is 32.2. The molecular weight excluding hydrogens is 424 g/mol. The van der Waals surface area contributed by atoms with Gasteiger partial charge in [-0.15, -0.1) is 0 Å². The van der Waals surface area contributed by atoms with Crippen molar-refractivity contribution >= 4 is 33.7 Å². The summed E-state index contributed by atoms with van der Waals surface area (Å²) in [5.41, 5.74) is -0.402. The molecule has 2 heterocycles. The summed E-state index contributed by atoms with van der Waals surface area (Å²) >= 11 is 0. The number of carbonyl (C=O) groups excluding carboxylic acids is 4. The number of sulfonamides is 1. The van der Waals surface area contributed by atoms with Crippen LogP contribution in [0.25, 0.3) is 0 Å². The minimum atomic E-state index is -3.75. The zero-order chi connectivity index (χ0) is 22.4. The van der Waals surface area contributed by atoms with Gasteiger partial charge in [0.15, 0.2) is 5.78 Å². The summed E-state index contributed by atoms with van der Waals surface area (Å²) in [6.45, 7) is 1.60. The van der Waals surface area contributed by atoms with Crippen LogP contribution in [0, 0.1) is 0 Å². The molecule has 2 aliphatic heterocycles. The van der Waals surface area contributed by atoms with Crippen molar-refractivity contribution in [3.8, 4) is 0 Å². The molecule has 0 bridgehead atoms. The molecule has 10 nitrogen and oxygen atoms in total. The Labute approximate surface area is 180 Å². The predicted molar refractivity (Wildman–Crippen MR) is 109 cm³/mol. The second kappa shape index (κ2) is 7.72. The monoisotopic (exact) mass is 448 g/mol. The van der Waals surface area contributed by atoms with E-state index in [-0.39, 0.29) is 55.2 Å². The Balaban J connectivity index is 1.36. The maximum absolute atomic E-state index is 12.9. The first-order chi connectivity index (χ1) is 14.6. The van der Waals surface area contributed by atoms with E-state index in [4.69, 9.17) is 0 Å². The number of carbonyl (C=O) groups is 4. The van der Waals surface area contributed by atoms with Crippen LogP contribution < -0.4 is 5.32 Å². The molecule has 0 atom stereocenters. The van der Waals surface area contributed by atoms with Gasteiger partial charge in [0.1, 0.15) is 12.1 Å². The average molecular weight is 449 g/mol. The van der Waals surface area contributed by atoms with Gasteiger partial charge in [-0.1, -0.05) is 12.1 Å². The molecule has 2 saturated heterocycles. The fourth-order valence-corrected chi connectivity index (χ4v) is 5.53. The first-order valence-corrected chi connectivity index (χ1v) is 11.6. The quantitative estimate of drug-likeness (QED) is 0.507. The van der Waals surface area contributed by atoms with Crippen molar-refractivity contribution < 1.29 is 27.6 Å². The molecular formula is C20H24N4O6S. The summed E-state index contributed by atoms with van der Waals surface area (Å²) in [4.78, 5) is 51.2. The van der Waals surface area contributed by atoms with Crippen molar-refractivity contribution in [2.45, 2.75) is 36.6 Å². The van der Waals surface area contributed by atoms with E-state index in [0.717, 1.165) is 11.3 Å². The minimum Gasteiger partial charge on any atom is -0.338 e.